The number of carbonyl (C=O) groups excluding carboxylic acids is 1. The molecule has 5 nitrogen and oxygen atoms in total. The van der Waals surface area contributed by atoms with Gasteiger partial charge >= 0.3 is 0 Å². The fourth-order valence-electron chi connectivity index (χ4n) is 3.94. The molecule has 0 fully saturated rings. The zero-order chi connectivity index (χ0) is 25.5. The molecular weight excluding hydrogens is 460 g/mol. The zero-order valence-electron chi connectivity index (χ0n) is 21.1. The predicted molar refractivity (Wildman–Crippen MR) is 151 cm³/mol. The summed E-state index contributed by atoms with van der Waals surface area (Å²) in [5.74, 6) is 1.45. The number of amides is 1. The topological polar surface area (TPSA) is 59.6 Å². The summed E-state index contributed by atoms with van der Waals surface area (Å²) in [4.78, 5) is 12.4. The van der Waals surface area contributed by atoms with Crippen molar-refractivity contribution in [3.63, 3.8) is 0 Å². The maximum absolute atomic E-state index is 12.4. The number of aryl methyl sites for hydroxylation is 2. The molecule has 0 atom stereocenters. The quantitative estimate of drug-likeness (QED) is 0.190. The van der Waals surface area contributed by atoms with Crippen molar-refractivity contribution in [3.8, 4) is 11.5 Å². The molecule has 1 amide bonds. The van der Waals surface area contributed by atoms with E-state index in [4.69, 9.17) is 9.47 Å². The summed E-state index contributed by atoms with van der Waals surface area (Å²) in [6.45, 7) is 1.46. The second-order valence-corrected chi connectivity index (χ2v) is 8.83. The molecule has 0 radical (unpaired) electrons. The van der Waals surface area contributed by atoms with Crippen molar-refractivity contribution in [2.75, 3.05) is 30.4 Å². The Hall–Kier alpha value is -4.25. The molecule has 0 heterocycles. The molecule has 0 aliphatic carbocycles. The summed E-state index contributed by atoms with van der Waals surface area (Å²) in [6.07, 6.45) is 3.87. The van der Waals surface area contributed by atoms with Crippen LogP contribution >= 0.6 is 0 Å². The van der Waals surface area contributed by atoms with Crippen molar-refractivity contribution in [2.24, 2.45) is 0 Å². The highest BCUT2D eigenvalue weighted by atomic mass is 16.5. The van der Waals surface area contributed by atoms with Gasteiger partial charge in [0.1, 0.15) is 11.5 Å². The van der Waals surface area contributed by atoms with E-state index >= 15 is 0 Å². The molecule has 0 aromatic heterocycles. The molecule has 0 bridgehead atoms. The zero-order valence-corrected chi connectivity index (χ0v) is 21.1. The lowest BCUT2D eigenvalue weighted by atomic mass is 10.1. The van der Waals surface area contributed by atoms with Crippen molar-refractivity contribution in [1.82, 2.24) is 0 Å². The van der Waals surface area contributed by atoms with Crippen molar-refractivity contribution in [1.29, 1.82) is 0 Å². The highest BCUT2D eigenvalue weighted by Gasteiger charge is 2.05. The Balaban J connectivity index is 1.13. The molecule has 2 N–H and O–H groups in total. The number of ether oxygens (including phenoxy) is 2. The maximum atomic E-state index is 12.4. The minimum Gasteiger partial charge on any atom is -0.494 e. The van der Waals surface area contributed by atoms with Gasteiger partial charge in [0.15, 0.2) is 0 Å². The third-order valence-corrected chi connectivity index (χ3v) is 5.87. The molecule has 4 aromatic rings. The van der Waals surface area contributed by atoms with Crippen LogP contribution in [0.4, 0.5) is 11.4 Å². The van der Waals surface area contributed by atoms with E-state index in [-0.39, 0.29) is 12.5 Å². The Labute approximate surface area is 219 Å². The van der Waals surface area contributed by atoms with E-state index in [1.165, 1.54) is 11.1 Å². The average molecular weight is 495 g/mol. The van der Waals surface area contributed by atoms with Gasteiger partial charge in [-0.15, -0.1) is 0 Å². The van der Waals surface area contributed by atoms with Gasteiger partial charge in [-0.2, -0.15) is 0 Å². The van der Waals surface area contributed by atoms with Crippen LogP contribution in [0.3, 0.4) is 0 Å². The summed E-state index contributed by atoms with van der Waals surface area (Å²) >= 11 is 0. The molecule has 0 saturated heterocycles. The van der Waals surface area contributed by atoms with Gasteiger partial charge < -0.3 is 20.1 Å². The van der Waals surface area contributed by atoms with E-state index in [0.717, 1.165) is 42.9 Å². The number of anilines is 2. The van der Waals surface area contributed by atoms with Crippen LogP contribution < -0.4 is 20.1 Å². The normalized spacial score (nSPS) is 10.5. The molecule has 0 aliphatic rings. The molecular formula is C32H34N2O3. The Morgan fingerprint density at radius 3 is 1.81 bits per heavy atom. The number of nitrogens with one attached hydrogen (secondary N) is 2. The van der Waals surface area contributed by atoms with Crippen LogP contribution in [0, 0.1) is 0 Å². The van der Waals surface area contributed by atoms with Gasteiger partial charge in [0.05, 0.1) is 19.8 Å². The Morgan fingerprint density at radius 1 is 0.595 bits per heavy atom. The molecule has 37 heavy (non-hydrogen) atoms. The van der Waals surface area contributed by atoms with E-state index in [0.29, 0.717) is 18.9 Å². The second kappa shape index (κ2) is 14.3. The fourth-order valence-corrected chi connectivity index (χ4v) is 3.94. The van der Waals surface area contributed by atoms with Crippen LogP contribution in [-0.4, -0.2) is 25.7 Å². The fraction of sp³-hybridized carbons (Fsp3) is 0.219. The second-order valence-electron chi connectivity index (χ2n) is 8.83. The Morgan fingerprint density at radius 2 is 1.19 bits per heavy atom. The summed E-state index contributed by atoms with van der Waals surface area (Å²) in [6, 6.07) is 36.0. The summed E-state index contributed by atoms with van der Waals surface area (Å²) < 4.78 is 11.7. The van der Waals surface area contributed by atoms with E-state index < -0.39 is 0 Å². The molecule has 0 saturated carbocycles. The summed E-state index contributed by atoms with van der Waals surface area (Å²) in [7, 11) is 0. The van der Waals surface area contributed by atoms with E-state index in [1.807, 2.05) is 60.7 Å². The maximum Gasteiger partial charge on any atom is 0.243 e. The van der Waals surface area contributed by atoms with Crippen LogP contribution in [0.25, 0.3) is 0 Å². The Kier molecular flexibility index (Phi) is 10.0. The molecule has 0 aliphatic heterocycles. The molecule has 190 valence electrons. The first kappa shape index (κ1) is 25.8. The number of carbonyl (C=O) groups is 1. The van der Waals surface area contributed by atoms with Crippen LogP contribution in [-0.2, 0) is 17.6 Å². The first-order chi connectivity index (χ1) is 18.2. The standard InChI is InChI=1S/C32H34N2O3/c35-32(34-29-16-7-17-31(24-29)37-23-9-15-27-12-5-2-6-13-27)25-33-28-18-20-30(21-19-28)36-22-8-14-26-10-3-1-4-11-26/h1-7,10-13,16-21,24,33H,8-9,14-15,22-23,25H2,(H,34,35). The third-order valence-electron chi connectivity index (χ3n) is 5.87. The minimum atomic E-state index is -0.123. The number of hydrogen-bond acceptors (Lipinski definition) is 4. The number of benzene rings is 4. The van der Waals surface area contributed by atoms with E-state index in [9.17, 15) is 4.79 Å². The number of hydrogen-bond donors (Lipinski definition) is 2. The monoisotopic (exact) mass is 494 g/mol. The SMILES string of the molecule is O=C(CNc1ccc(OCCCc2ccccc2)cc1)Nc1cccc(OCCCc2ccccc2)c1. The first-order valence-corrected chi connectivity index (χ1v) is 12.8. The highest BCUT2D eigenvalue weighted by Crippen LogP contribution is 2.19. The van der Waals surface area contributed by atoms with Gasteiger partial charge in [-0.1, -0.05) is 66.7 Å². The lowest BCUT2D eigenvalue weighted by Gasteiger charge is -2.11. The van der Waals surface area contributed by atoms with Crippen LogP contribution in [0.15, 0.2) is 109 Å². The van der Waals surface area contributed by atoms with Gasteiger partial charge in [0.2, 0.25) is 5.91 Å². The third kappa shape index (κ3) is 9.37. The van der Waals surface area contributed by atoms with Crippen LogP contribution in [0.2, 0.25) is 0 Å². The summed E-state index contributed by atoms with van der Waals surface area (Å²) in [5, 5.41) is 6.08. The minimum absolute atomic E-state index is 0.123. The van der Waals surface area contributed by atoms with Crippen LogP contribution in [0.5, 0.6) is 11.5 Å². The summed E-state index contributed by atoms with van der Waals surface area (Å²) in [5.41, 5.74) is 4.21. The van der Waals surface area contributed by atoms with Gasteiger partial charge in [0, 0.05) is 17.4 Å². The van der Waals surface area contributed by atoms with Gasteiger partial charge in [0.25, 0.3) is 0 Å². The molecule has 5 heteroatoms. The smallest absolute Gasteiger partial charge is 0.243 e. The van der Waals surface area contributed by atoms with Gasteiger partial charge in [-0.25, -0.2) is 0 Å². The Bertz CT molecular complexity index is 1210. The average Bonchev–Trinajstić information content (AvgIpc) is 2.94. The van der Waals surface area contributed by atoms with E-state index in [1.54, 1.807) is 0 Å². The highest BCUT2D eigenvalue weighted by molar-refractivity contribution is 5.93. The predicted octanol–water partition coefficient (Wildman–Crippen LogP) is 6.76. The van der Waals surface area contributed by atoms with Crippen molar-refractivity contribution >= 4 is 17.3 Å². The van der Waals surface area contributed by atoms with Crippen molar-refractivity contribution in [2.45, 2.75) is 25.7 Å². The van der Waals surface area contributed by atoms with Crippen molar-refractivity contribution < 1.29 is 14.3 Å². The van der Waals surface area contributed by atoms with Gasteiger partial charge in [-0.3, -0.25) is 4.79 Å². The number of rotatable bonds is 14. The first-order valence-electron chi connectivity index (χ1n) is 12.8. The lowest BCUT2D eigenvalue weighted by Crippen LogP contribution is -2.21. The van der Waals surface area contributed by atoms with E-state index in [2.05, 4.69) is 59.2 Å². The van der Waals surface area contributed by atoms with Gasteiger partial charge in [-0.05, 0) is 73.2 Å². The van der Waals surface area contributed by atoms with Crippen molar-refractivity contribution in [3.05, 3.63) is 120 Å². The largest absolute Gasteiger partial charge is 0.494 e. The lowest BCUT2D eigenvalue weighted by molar-refractivity contribution is -0.114. The van der Waals surface area contributed by atoms with Crippen LogP contribution in [0.1, 0.15) is 24.0 Å². The molecule has 0 unspecified atom stereocenters. The molecule has 4 rings (SSSR count). The molecule has 0 spiro atoms. The molecule has 4 aromatic carbocycles.